The van der Waals surface area contributed by atoms with E-state index in [9.17, 15) is 0 Å². The fraction of sp³-hybridized carbons (Fsp3) is 0.706. The number of nitrogens with one attached hydrogen (secondary N) is 1. The van der Waals surface area contributed by atoms with Crippen LogP contribution in [0.3, 0.4) is 0 Å². The van der Waals surface area contributed by atoms with Gasteiger partial charge in [0, 0.05) is 25.2 Å². The molecule has 0 aliphatic heterocycles. The Kier molecular flexibility index (Phi) is 6.46. The summed E-state index contributed by atoms with van der Waals surface area (Å²) in [6, 6.07) is 5.25. The Bertz CT molecular complexity index is 403. The molecular formula is C17H29N3O. The first-order chi connectivity index (χ1) is 10.3. The summed E-state index contributed by atoms with van der Waals surface area (Å²) in [5, 5.41) is 12.6. The van der Waals surface area contributed by atoms with Crippen LogP contribution in [0.2, 0.25) is 0 Å². The average molecular weight is 291 g/mol. The molecule has 1 aromatic heterocycles. The third-order valence-electron chi connectivity index (χ3n) is 4.32. The molecule has 1 aromatic rings. The van der Waals surface area contributed by atoms with E-state index in [2.05, 4.69) is 41.2 Å². The Morgan fingerprint density at radius 1 is 1.43 bits per heavy atom. The highest BCUT2D eigenvalue weighted by atomic mass is 16.3. The van der Waals surface area contributed by atoms with Crippen LogP contribution < -0.4 is 10.2 Å². The quantitative estimate of drug-likeness (QED) is 0.734. The second kappa shape index (κ2) is 8.35. The minimum atomic E-state index is 0.257. The van der Waals surface area contributed by atoms with Gasteiger partial charge in [0.25, 0.3) is 0 Å². The first kappa shape index (κ1) is 16.2. The van der Waals surface area contributed by atoms with Crippen LogP contribution in [0.4, 0.5) is 5.69 Å². The fourth-order valence-electron chi connectivity index (χ4n) is 2.75. The first-order valence-corrected chi connectivity index (χ1v) is 8.33. The van der Waals surface area contributed by atoms with Crippen LogP contribution in [0.15, 0.2) is 18.3 Å². The molecule has 0 amide bonds. The molecule has 1 aliphatic carbocycles. The smallest absolute Gasteiger partial charge is 0.0572 e. The van der Waals surface area contributed by atoms with E-state index in [4.69, 9.17) is 5.11 Å². The number of aliphatic hydroxyl groups is 1. The normalized spacial score (nSPS) is 16.5. The van der Waals surface area contributed by atoms with Crippen molar-refractivity contribution >= 4 is 5.69 Å². The van der Waals surface area contributed by atoms with E-state index in [1.54, 1.807) is 0 Å². The lowest BCUT2D eigenvalue weighted by atomic mass is 9.91. The third-order valence-corrected chi connectivity index (χ3v) is 4.32. The predicted octanol–water partition coefficient (Wildman–Crippen LogP) is 2.88. The molecule has 0 bridgehead atoms. The van der Waals surface area contributed by atoms with Crippen LogP contribution >= 0.6 is 0 Å². The summed E-state index contributed by atoms with van der Waals surface area (Å²) < 4.78 is 0. The van der Waals surface area contributed by atoms with Gasteiger partial charge in [-0.25, -0.2) is 0 Å². The zero-order valence-electron chi connectivity index (χ0n) is 13.4. The van der Waals surface area contributed by atoms with E-state index >= 15 is 0 Å². The number of hydrogen-bond acceptors (Lipinski definition) is 4. The summed E-state index contributed by atoms with van der Waals surface area (Å²) in [7, 11) is 0. The fourth-order valence-corrected chi connectivity index (χ4v) is 2.75. The van der Waals surface area contributed by atoms with E-state index in [1.807, 2.05) is 6.20 Å². The van der Waals surface area contributed by atoms with Crippen LogP contribution in [0.1, 0.15) is 57.7 Å². The largest absolute Gasteiger partial charge is 0.396 e. The van der Waals surface area contributed by atoms with Gasteiger partial charge in [0.05, 0.1) is 17.6 Å². The number of hydrogen-bond donors (Lipinski definition) is 2. The van der Waals surface area contributed by atoms with Crippen molar-refractivity contribution in [3.8, 4) is 0 Å². The van der Waals surface area contributed by atoms with Crippen molar-refractivity contribution in [2.45, 2.75) is 58.0 Å². The van der Waals surface area contributed by atoms with Gasteiger partial charge in [-0.05, 0) is 57.7 Å². The van der Waals surface area contributed by atoms with Crippen molar-refractivity contribution < 1.29 is 5.11 Å². The van der Waals surface area contributed by atoms with Gasteiger partial charge in [-0.15, -0.1) is 0 Å². The van der Waals surface area contributed by atoms with Crippen LogP contribution in [0, 0.1) is 0 Å². The minimum Gasteiger partial charge on any atom is -0.396 e. The number of rotatable bonds is 9. The van der Waals surface area contributed by atoms with Gasteiger partial charge in [0.1, 0.15) is 0 Å². The maximum Gasteiger partial charge on any atom is 0.0572 e. The van der Waals surface area contributed by atoms with Crippen LogP contribution in [0.25, 0.3) is 0 Å². The van der Waals surface area contributed by atoms with Crippen molar-refractivity contribution in [1.29, 1.82) is 0 Å². The standard InChI is InChI=1S/C17H29N3O/c1-3-10-18-14(2)17-9-8-16(13-19-17)20(11-5-12-21)15-6-4-7-15/h8-9,13-15,18,21H,3-7,10-12H2,1-2H3. The zero-order valence-corrected chi connectivity index (χ0v) is 13.4. The van der Waals surface area contributed by atoms with E-state index in [0.717, 1.165) is 31.6 Å². The highest BCUT2D eigenvalue weighted by Crippen LogP contribution is 2.29. The van der Waals surface area contributed by atoms with Crippen molar-refractivity contribution in [2.24, 2.45) is 0 Å². The van der Waals surface area contributed by atoms with Crippen LogP contribution in [0.5, 0.6) is 0 Å². The Morgan fingerprint density at radius 2 is 2.24 bits per heavy atom. The molecule has 1 fully saturated rings. The summed E-state index contributed by atoms with van der Waals surface area (Å²) in [6.07, 6.45) is 7.81. The Morgan fingerprint density at radius 3 is 2.76 bits per heavy atom. The summed E-state index contributed by atoms with van der Waals surface area (Å²) in [6.45, 7) is 6.54. The van der Waals surface area contributed by atoms with E-state index < -0.39 is 0 Å². The highest BCUT2D eigenvalue weighted by Gasteiger charge is 2.25. The number of pyridine rings is 1. The van der Waals surface area contributed by atoms with Gasteiger partial charge in [-0.3, -0.25) is 4.98 Å². The molecule has 2 rings (SSSR count). The molecule has 1 heterocycles. The minimum absolute atomic E-state index is 0.257. The molecular weight excluding hydrogens is 262 g/mol. The molecule has 21 heavy (non-hydrogen) atoms. The molecule has 0 aromatic carbocycles. The monoisotopic (exact) mass is 291 g/mol. The third kappa shape index (κ3) is 4.42. The van der Waals surface area contributed by atoms with Crippen molar-refractivity contribution in [1.82, 2.24) is 10.3 Å². The van der Waals surface area contributed by atoms with Gasteiger partial charge in [0.15, 0.2) is 0 Å². The number of anilines is 1. The van der Waals surface area contributed by atoms with Crippen molar-refractivity contribution in [3.05, 3.63) is 24.0 Å². The van der Waals surface area contributed by atoms with Crippen molar-refractivity contribution in [3.63, 3.8) is 0 Å². The van der Waals surface area contributed by atoms with Gasteiger partial charge < -0.3 is 15.3 Å². The molecule has 1 aliphatic rings. The topological polar surface area (TPSA) is 48.4 Å². The molecule has 0 radical (unpaired) electrons. The van der Waals surface area contributed by atoms with Gasteiger partial charge >= 0.3 is 0 Å². The predicted molar refractivity (Wildman–Crippen MR) is 87.6 cm³/mol. The Hall–Kier alpha value is -1.13. The number of nitrogens with zero attached hydrogens (tertiary/aromatic N) is 2. The average Bonchev–Trinajstić information content (AvgIpc) is 2.47. The van der Waals surface area contributed by atoms with Gasteiger partial charge in [0.2, 0.25) is 0 Å². The van der Waals surface area contributed by atoms with Crippen LogP contribution in [-0.2, 0) is 0 Å². The molecule has 4 nitrogen and oxygen atoms in total. The summed E-state index contributed by atoms with van der Waals surface area (Å²) >= 11 is 0. The maximum atomic E-state index is 9.08. The molecule has 118 valence electrons. The van der Waals surface area contributed by atoms with E-state index in [0.29, 0.717) is 12.1 Å². The highest BCUT2D eigenvalue weighted by molar-refractivity contribution is 5.46. The summed E-state index contributed by atoms with van der Waals surface area (Å²) in [5.74, 6) is 0. The SMILES string of the molecule is CCCNC(C)c1ccc(N(CCCO)C2CCC2)cn1. The van der Waals surface area contributed by atoms with E-state index in [1.165, 1.54) is 24.9 Å². The van der Waals surface area contributed by atoms with Gasteiger partial charge in [-0.1, -0.05) is 6.92 Å². The maximum absolute atomic E-state index is 9.08. The van der Waals surface area contributed by atoms with E-state index in [-0.39, 0.29) is 6.61 Å². The first-order valence-electron chi connectivity index (χ1n) is 8.33. The lowest BCUT2D eigenvalue weighted by Crippen LogP contribution is -2.41. The molecule has 1 saturated carbocycles. The lowest BCUT2D eigenvalue weighted by molar-refractivity contribution is 0.283. The Labute approximate surface area is 128 Å². The number of aromatic nitrogens is 1. The molecule has 0 spiro atoms. The molecule has 1 unspecified atom stereocenters. The second-order valence-corrected chi connectivity index (χ2v) is 5.97. The Balaban J connectivity index is 2.00. The second-order valence-electron chi connectivity index (χ2n) is 5.97. The summed E-state index contributed by atoms with van der Waals surface area (Å²) in [5.41, 5.74) is 2.29. The van der Waals surface area contributed by atoms with Crippen LogP contribution in [-0.4, -0.2) is 35.8 Å². The molecule has 0 saturated heterocycles. The van der Waals surface area contributed by atoms with Crippen molar-refractivity contribution in [2.75, 3.05) is 24.6 Å². The molecule has 4 heteroatoms. The molecule has 1 atom stereocenters. The number of aliphatic hydroxyl groups excluding tert-OH is 1. The lowest BCUT2D eigenvalue weighted by Gasteiger charge is -2.39. The summed E-state index contributed by atoms with van der Waals surface area (Å²) in [4.78, 5) is 7.05. The van der Waals surface area contributed by atoms with Gasteiger partial charge in [-0.2, -0.15) is 0 Å². The zero-order chi connectivity index (χ0) is 15.1. The molecule has 2 N–H and O–H groups in total.